The molecule has 194 valence electrons. The van der Waals surface area contributed by atoms with Gasteiger partial charge in [0.05, 0.1) is 6.61 Å². The highest BCUT2D eigenvalue weighted by Crippen LogP contribution is 2.33. The van der Waals surface area contributed by atoms with Crippen LogP contribution in [0.4, 0.5) is 4.79 Å². The molecule has 33 heavy (non-hydrogen) atoms. The number of ether oxygens (including phenoxy) is 4. The highest BCUT2D eigenvalue weighted by Gasteiger charge is 2.45. The second-order valence-electron chi connectivity index (χ2n) is 9.43. The normalized spacial score (nSPS) is 23.7. The number of aliphatic hydroxyl groups excluding tert-OH is 2. The number of alkyl carbamates (subject to hydrolysis) is 1. The molecule has 0 aliphatic carbocycles. The van der Waals surface area contributed by atoms with E-state index in [0.29, 0.717) is 6.42 Å². The van der Waals surface area contributed by atoms with Gasteiger partial charge in [-0.05, 0) is 48.0 Å². The third kappa shape index (κ3) is 11.6. The van der Waals surface area contributed by atoms with E-state index in [4.69, 9.17) is 53.8 Å². The van der Waals surface area contributed by atoms with E-state index in [1.165, 1.54) is 4.90 Å². The molecule has 0 bridgehead atoms. The maximum Gasteiger partial charge on any atom is 0.408 e. The van der Waals surface area contributed by atoms with Crippen molar-refractivity contribution in [2.75, 3.05) is 13.3 Å². The van der Waals surface area contributed by atoms with Gasteiger partial charge in [-0.1, -0.05) is 57.4 Å². The van der Waals surface area contributed by atoms with Crippen LogP contribution >= 0.6 is 57.4 Å². The third-order valence-electron chi connectivity index (χ3n) is 4.29. The second kappa shape index (κ2) is 12.4. The molecule has 0 aromatic rings. The zero-order valence-corrected chi connectivity index (χ0v) is 23.7. The predicted molar refractivity (Wildman–Crippen MR) is 131 cm³/mol. The van der Waals surface area contributed by atoms with E-state index in [-0.39, 0.29) is 4.11 Å². The lowest BCUT2D eigenvalue weighted by molar-refractivity contribution is -0.278. The first kappa shape index (κ1) is 31.2. The number of hydrogen-bond donors (Lipinski definition) is 3. The fraction of sp³-hybridized carbons (Fsp3) is 0.895. The van der Waals surface area contributed by atoms with Gasteiger partial charge in [0.2, 0.25) is 9.70 Å². The lowest BCUT2D eigenvalue weighted by Crippen LogP contribution is -2.59. The number of alkyl halides is 4. The van der Waals surface area contributed by atoms with Crippen molar-refractivity contribution in [3.8, 4) is 0 Å². The number of carbonyl (C=O) groups is 2. The van der Waals surface area contributed by atoms with Gasteiger partial charge >= 0.3 is 6.09 Å². The van der Waals surface area contributed by atoms with E-state index in [0.717, 1.165) is 0 Å². The Labute approximate surface area is 222 Å². The van der Waals surface area contributed by atoms with E-state index in [1.54, 1.807) is 41.5 Å². The first-order valence-corrected chi connectivity index (χ1v) is 12.4. The number of halogens is 4. The quantitative estimate of drug-likeness (QED) is 0.208. The Bertz CT molecular complexity index is 669. The van der Waals surface area contributed by atoms with E-state index in [1.807, 2.05) is 22.6 Å². The SMILES string of the molecule is CC(C)(C)OC(=O)NC(C(=O)N(COC(O)OCC(Cl)(Cl)Cl)C(C)(C)C)C1CC(I)OC1O. The number of nitrogens with zero attached hydrogens (tertiary/aromatic N) is 1. The average molecular weight is 650 g/mol. The molecule has 0 saturated carbocycles. The van der Waals surface area contributed by atoms with Gasteiger partial charge in [-0.15, -0.1) is 0 Å². The topological polar surface area (TPSA) is 127 Å². The molecule has 0 radical (unpaired) electrons. The van der Waals surface area contributed by atoms with Gasteiger partial charge in [0.1, 0.15) is 22.5 Å². The van der Waals surface area contributed by atoms with Crippen LogP contribution in [0.5, 0.6) is 0 Å². The van der Waals surface area contributed by atoms with Crippen LogP contribution in [0.25, 0.3) is 0 Å². The van der Waals surface area contributed by atoms with Gasteiger partial charge in [-0.3, -0.25) is 4.79 Å². The minimum atomic E-state index is -1.78. The van der Waals surface area contributed by atoms with Crippen LogP contribution in [-0.2, 0) is 23.7 Å². The van der Waals surface area contributed by atoms with Crippen LogP contribution < -0.4 is 5.32 Å². The van der Waals surface area contributed by atoms with Crippen molar-refractivity contribution in [2.24, 2.45) is 5.92 Å². The van der Waals surface area contributed by atoms with Gasteiger partial charge in [-0.25, -0.2) is 4.79 Å². The molecule has 0 spiro atoms. The van der Waals surface area contributed by atoms with E-state index in [2.05, 4.69) is 5.32 Å². The first-order chi connectivity index (χ1) is 14.8. The molecule has 1 aliphatic heterocycles. The van der Waals surface area contributed by atoms with E-state index >= 15 is 0 Å². The number of carbonyl (C=O) groups excluding carboxylic acids is 2. The zero-order chi connectivity index (χ0) is 25.8. The van der Waals surface area contributed by atoms with Crippen LogP contribution in [0, 0.1) is 5.92 Å². The largest absolute Gasteiger partial charge is 0.444 e. The highest BCUT2D eigenvalue weighted by molar-refractivity contribution is 14.1. The van der Waals surface area contributed by atoms with Gasteiger partial charge in [0.25, 0.3) is 6.48 Å². The summed E-state index contributed by atoms with van der Waals surface area (Å²) in [5, 5.41) is 22.8. The van der Waals surface area contributed by atoms with Crippen LogP contribution in [0.3, 0.4) is 0 Å². The van der Waals surface area contributed by atoms with Gasteiger partial charge in [0, 0.05) is 11.5 Å². The molecule has 0 aromatic heterocycles. The summed E-state index contributed by atoms with van der Waals surface area (Å²) in [6.07, 6.45) is -1.80. The Hall–Kier alpha value is 0.140. The summed E-state index contributed by atoms with van der Waals surface area (Å²) in [6.45, 7) is 7.60. The molecule has 5 unspecified atom stereocenters. The van der Waals surface area contributed by atoms with Crippen LogP contribution in [0.1, 0.15) is 48.0 Å². The summed E-state index contributed by atoms with van der Waals surface area (Å²) in [5.41, 5.74) is -1.61. The molecule has 2 amide bonds. The van der Waals surface area contributed by atoms with Crippen molar-refractivity contribution in [3.63, 3.8) is 0 Å². The monoisotopic (exact) mass is 648 g/mol. The van der Waals surface area contributed by atoms with Crippen molar-refractivity contribution in [3.05, 3.63) is 0 Å². The van der Waals surface area contributed by atoms with Crippen LogP contribution in [0.2, 0.25) is 0 Å². The Morgan fingerprint density at radius 1 is 1.18 bits per heavy atom. The number of rotatable bonds is 8. The maximum absolute atomic E-state index is 13.6. The van der Waals surface area contributed by atoms with Crippen molar-refractivity contribution >= 4 is 69.4 Å². The highest BCUT2D eigenvalue weighted by atomic mass is 127. The maximum atomic E-state index is 13.6. The van der Waals surface area contributed by atoms with Crippen molar-refractivity contribution in [1.29, 1.82) is 0 Å². The van der Waals surface area contributed by atoms with Gasteiger partial charge in [0.15, 0.2) is 6.29 Å². The second-order valence-corrected chi connectivity index (χ2v) is 13.3. The molecule has 10 nitrogen and oxygen atoms in total. The molecule has 3 N–H and O–H groups in total. The average Bonchev–Trinajstić information content (AvgIpc) is 2.92. The van der Waals surface area contributed by atoms with Crippen LogP contribution in [0.15, 0.2) is 0 Å². The zero-order valence-electron chi connectivity index (χ0n) is 19.3. The molecule has 5 atom stereocenters. The van der Waals surface area contributed by atoms with Crippen molar-refractivity contribution < 1.29 is 38.7 Å². The number of hydrogen-bond acceptors (Lipinski definition) is 8. The molecule has 1 fully saturated rings. The molecule has 1 saturated heterocycles. The molecule has 1 rings (SSSR count). The summed E-state index contributed by atoms with van der Waals surface area (Å²) in [4.78, 5) is 27.3. The van der Waals surface area contributed by atoms with Gasteiger partial charge < -0.3 is 39.4 Å². The lowest BCUT2D eigenvalue weighted by Gasteiger charge is -2.39. The summed E-state index contributed by atoms with van der Waals surface area (Å²) < 4.78 is 18.7. The standard InChI is InChI=1S/C19H32Cl3IN2O8/c1-17(2,3)25(9-31-16(29)30-8-19(20,21)22)13(26)12(10-7-11(23)32-14(10)27)24-15(28)33-18(4,5)6/h10-12,14,16,27,29H,7-9H2,1-6H3,(H,24,28). The fourth-order valence-electron chi connectivity index (χ4n) is 2.83. The molecule has 1 aliphatic rings. The number of aliphatic hydroxyl groups is 2. The molecular formula is C19H32Cl3IN2O8. The molecule has 1 heterocycles. The van der Waals surface area contributed by atoms with E-state index in [9.17, 15) is 19.8 Å². The molecule has 14 heteroatoms. The Morgan fingerprint density at radius 3 is 2.18 bits per heavy atom. The summed E-state index contributed by atoms with van der Waals surface area (Å²) in [7, 11) is 0. The molecule has 0 aromatic carbocycles. The smallest absolute Gasteiger partial charge is 0.408 e. The number of nitrogens with one attached hydrogen (secondary N) is 1. The van der Waals surface area contributed by atoms with Crippen molar-refractivity contribution in [2.45, 2.75) is 85.8 Å². The van der Waals surface area contributed by atoms with Crippen LogP contribution in [-0.4, -0.2) is 78.3 Å². The minimum Gasteiger partial charge on any atom is -0.444 e. The first-order valence-electron chi connectivity index (χ1n) is 10.1. The Morgan fingerprint density at radius 2 is 1.76 bits per heavy atom. The number of amides is 2. The summed E-state index contributed by atoms with van der Waals surface area (Å²) in [5.74, 6) is -1.33. The molecular weight excluding hydrogens is 617 g/mol. The Kier molecular flexibility index (Phi) is 11.7. The van der Waals surface area contributed by atoms with Crippen molar-refractivity contribution in [1.82, 2.24) is 10.2 Å². The third-order valence-corrected chi connectivity index (χ3v) is 5.42. The van der Waals surface area contributed by atoms with Gasteiger partial charge in [-0.2, -0.15) is 0 Å². The Balaban J connectivity index is 3.06. The fourth-order valence-corrected chi connectivity index (χ4v) is 3.91. The minimum absolute atomic E-state index is 0.307. The van der Waals surface area contributed by atoms with E-state index < -0.39 is 65.0 Å². The predicted octanol–water partition coefficient (Wildman–Crippen LogP) is 3.26. The summed E-state index contributed by atoms with van der Waals surface area (Å²) >= 11 is 18.7. The summed E-state index contributed by atoms with van der Waals surface area (Å²) in [6, 6.07) is -1.20. The lowest BCUT2D eigenvalue weighted by atomic mass is 9.94.